The van der Waals surface area contributed by atoms with Crippen molar-refractivity contribution in [3.63, 3.8) is 0 Å². The number of aromatic nitrogens is 1. The molecule has 2 aromatic carbocycles. The topological polar surface area (TPSA) is 16.1 Å². The van der Waals surface area contributed by atoms with Gasteiger partial charge in [0.05, 0.1) is 15.2 Å². The molecular formula is C21H21ClN2S. The average molecular weight is 369 g/mol. The minimum absolute atomic E-state index is 0.474. The number of hydrogen-bond acceptors (Lipinski definition) is 3. The van der Waals surface area contributed by atoms with E-state index >= 15 is 0 Å². The van der Waals surface area contributed by atoms with Crippen molar-refractivity contribution in [1.82, 2.24) is 9.88 Å². The van der Waals surface area contributed by atoms with Crippen molar-refractivity contribution in [3.05, 3.63) is 64.1 Å². The summed E-state index contributed by atoms with van der Waals surface area (Å²) in [5, 5.41) is 2.12. The van der Waals surface area contributed by atoms with Crippen molar-refractivity contribution < 1.29 is 0 Å². The Morgan fingerprint density at radius 2 is 1.88 bits per heavy atom. The van der Waals surface area contributed by atoms with Crippen LogP contribution in [-0.2, 0) is 0 Å². The first kappa shape index (κ1) is 15.8. The molecule has 0 saturated carbocycles. The molecule has 2 aliphatic rings. The fourth-order valence-corrected chi connectivity index (χ4v) is 6.21. The van der Waals surface area contributed by atoms with E-state index in [1.807, 2.05) is 23.5 Å². The first-order chi connectivity index (χ1) is 12.2. The van der Waals surface area contributed by atoms with Crippen LogP contribution < -0.4 is 0 Å². The second kappa shape index (κ2) is 6.08. The number of likely N-dealkylation sites (N-methyl/N-ethyl adjacent to an activating group) is 1. The summed E-state index contributed by atoms with van der Waals surface area (Å²) in [7, 11) is 2.31. The molecular weight excluding hydrogens is 348 g/mol. The van der Waals surface area contributed by atoms with Crippen LogP contribution in [0.3, 0.4) is 0 Å². The highest BCUT2D eigenvalue weighted by Crippen LogP contribution is 2.52. The molecule has 4 heteroatoms. The van der Waals surface area contributed by atoms with Crippen LogP contribution >= 0.6 is 22.9 Å². The van der Waals surface area contributed by atoms with Crippen molar-refractivity contribution in [2.45, 2.75) is 43.2 Å². The maximum Gasteiger partial charge on any atom is 0.0991 e. The molecule has 25 heavy (non-hydrogen) atoms. The van der Waals surface area contributed by atoms with Gasteiger partial charge >= 0.3 is 0 Å². The van der Waals surface area contributed by atoms with E-state index in [1.54, 1.807) is 0 Å². The number of benzene rings is 2. The van der Waals surface area contributed by atoms with Crippen LogP contribution in [0.4, 0.5) is 0 Å². The highest BCUT2D eigenvalue weighted by Gasteiger charge is 2.47. The van der Waals surface area contributed by atoms with Crippen molar-refractivity contribution in [1.29, 1.82) is 0 Å². The van der Waals surface area contributed by atoms with Gasteiger partial charge < -0.3 is 0 Å². The Morgan fingerprint density at radius 3 is 2.68 bits per heavy atom. The molecule has 3 aromatic rings. The summed E-state index contributed by atoms with van der Waals surface area (Å²) in [4.78, 5) is 7.66. The van der Waals surface area contributed by atoms with Gasteiger partial charge in [-0.05, 0) is 62.1 Å². The summed E-state index contributed by atoms with van der Waals surface area (Å²) in [5.41, 5.74) is 2.55. The van der Waals surface area contributed by atoms with Gasteiger partial charge in [-0.25, -0.2) is 4.98 Å². The van der Waals surface area contributed by atoms with E-state index in [1.165, 1.54) is 34.5 Å². The molecule has 2 bridgehead atoms. The summed E-state index contributed by atoms with van der Waals surface area (Å²) < 4.78 is 1.30. The van der Waals surface area contributed by atoms with Gasteiger partial charge in [0.2, 0.25) is 0 Å². The highest BCUT2D eigenvalue weighted by molar-refractivity contribution is 7.18. The van der Waals surface area contributed by atoms with Crippen LogP contribution in [-0.4, -0.2) is 29.0 Å². The van der Waals surface area contributed by atoms with Crippen LogP contribution in [0.1, 0.15) is 41.7 Å². The lowest BCUT2D eigenvalue weighted by atomic mass is 9.76. The third-order valence-electron chi connectivity index (χ3n) is 6.16. The van der Waals surface area contributed by atoms with Gasteiger partial charge in [0, 0.05) is 23.0 Å². The molecule has 0 amide bonds. The Labute approximate surface area is 157 Å². The van der Waals surface area contributed by atoms with Crippen LogP contribution in [0.25, 0.3) is 10.2 Å². The van der Waals surface area contributed by atoms with Crippen LogP contribution in [0.15, 0.2) is 48.5 Å². The lowest BCUT2D eigenvalue weighted by Crippen LogP contribution is -2.44. The van der Waals surface area contributed by atoms with Gasteiger partial charge in [-0.1, -0.05) is 35.9 Å². The van der Waals surface area contributed by atoms with Gasteiger partial charge in [0.15, 0.2) is 0 Å². The summed E-state index contributed by atoms with van der Waals surface area (Å²) in [5.74, 6) is 1.01. The number of para-hydroxylation sites is 1. The normalized spacial score (nSPS) is 29.4. The maximum atomic E-state index is 6.13. The number of fused-ring (bicyclic) bond motifs is 3. The van der Waals surface area contributed by atoms with E-state index in [2.05, 4.69) is 48.3 Å². The molecule has 0 aliphatic carbocycles. The minimum Gasteiger partial charge on any atom is -0.300 e. The number of rotatable bonds is 2. The van der Waals surface area contributed by atoms with Crippen LogP contribution in [0.2, 0.25) is 5.02 Å². The Balaban J connectivity index is 1.62. The number of thiazole rings is 1. The first-order valence-corrected chi connectivity index (χ1v) is 10.2. The summed E-state index contributed by atoms with van der Waals surface area (Å²) in [6.45, 7) is 0. The monoisotopic (exact) mass is 368 g/mol. The van der Waals surface area contributed by atoms with E-state index in [9.17, 15) is 0 Å². The molecule has 2 unspecified atom stereocenters. The zero-order valence-electron chi connectivity index (χ0n) is 14.2. The zero-order chi connectivity index (χ0) is 17.0. The van der Waals surface area contributed by atoms with E-state index < -0.39 is 0 Å². The van der Waals surface area contributed by atoms with Gasteiger partial charge in [0.25, 0.3) is 0 Å². The Morgan fingerprint density at radius 1 is 1.08 bits per heavy atom. The second-order valence-electron chi connectivity index (χ2n) is 7.40. The maximum absolute atomic E-state index is 6.13. The molecule has 0 spiro atoms. The zero-order valence-corrected chi connectivity index (χ0v) is 15.8. The molecule has 128 valence electrons. The molecule has 2 nitrogen and oxygen atoms in total. The van der Waals surface area contributed by atoms with Crippen LogP contribution in [0.5, 0.6) is 0 Å². The first-order valence-electron chi connectivity index (χ1n) is 9.03. The third kappa shape index (κ3) is 2.61. The molecule has 0 radical (unpaired) electrons. The molecule has 2 saturated heterocycles. The molecule has 5 rings (SSSR count). The summed E-state index contributed by atoms with van der Waals surface area (Å²) in [6.07, 6.45) is 3.81. The number of piperidine rings is 1. The third-order valence-corrected chi connectivity index (χ3v) is 7.55. The lowest BCUT2D eigenvalue weighted by molar-refractivity contribution is 0.137. The lowest BCUT2D eigenvalue weighted by Gasteiger charge is -2.42. The largest absolute Gasteiger partial charge is 0.300 e. The fraction of sp³-hybridized carbons (Fsp3) is 0.381. The quantitative estimate of drug-likeness (QED) is 0.578. The van der Waals surface area contributed by atoms with Crippen LogP contribution in [0, 0.1) is 0 Å². The number of hydrogen-bond donors (Lipinski definition) is 0. The smallest absolute Gasteiger partial charge is 0.0991 e. The molecule has 1 aromatic heterocycles. The van der Waals surface area contributed by atoms with E-state index in [0.717, 1.165) is 10.5 Å². The standard InChI is InChI=1S/C21H21ClN2S/c1-24-15-10-11-18(24)20(16(12-15)13-6-8-14(22)9-7-13)21-23-17-4-2-3-5-19(17)25-21/h2-9,15-16,18,20H,10-12H2,1H3/t15-,16-,18?,20?/m1/s1. The number of halogens is 1. The molecule has 2 fully saturated rings. The Kier molecular flexibility index (Phi) is 3.85. The van der Waals surface area contributed by atoms with Crippen molar-refractivity contribution in [3.8, 4) is 0 Å². The average Bonchev–Trinajstić information content (AvgIpc) is 3.14. The summed E-state index contributed by atoms with van der Waals surface area (Å²) in [6, 6.07) is 18.3. The van der Waals surface area contributed by atoms with Crippen molar-refractivity contribution in [2.75, 3.05) is 7.05 Å². The van der Waals surface area contributed by atoms with Crippen molar-refractivity contribution >= 4 is 33.2 Å². The molecule has 4 atom stereocenters. The molecule has 3 heterocycles. The summed E-state index contributed by atoms with van der Waals surface area (Å²) >= 11 is 8.01. The predicted molar refractivity (Wildman–Crippen MR) is 106 cm³/mol. The van der Waals surface area contributed by atoms with Gasteiger partial charge in [-0.2, -0.15) is 0 Å². The van der Waals surface area contributed by atoms with Crippen molar-refractivity contribution in [2.24, 2.45) is 0 Å². The predicted octanol–water partition coefficient (Wildman–Crippen LogP) is 5.68. The fourth-order valence-electron chi connectivity index (χ4n) is 4.89. The van der Waals surface area contributed by atoms with E-state index in [4.69, 9.17) is 16.6 Å². The Hall–Kier alpha value is -1.42. The number of nitrogens with zero attached hydrogens (tertiary/aromatic N) is 2. The molecule has 0 N–H and O–H groups in total. The van der Waals surface area contributed by atoms with E-state index in [0.29, 0.717) is 23.9 Å². The molecule has 2 aliphatic heterocycles. The second-order valence-corrected chi connectivity index (χ2v) is 8.90. The van der Waals surface area contributed by atoms with Gasteiger partial charge in [-0.15, -0.1) is 11.3 Å². The van der Waals surface area contributed by atoms with Gasteiger partial charge in [0.1, 0.15) is 0 Å². The van der Waals surface area contributed by atoms with Gasteiger partial charge in [-0.3, -0.25) is 4.90 Å². The minimum atomic E-state index is 0.474. The van der Waals surface area contributed by atoms with E-state index in [-0.39, 0.29) is 0 Å². The Bertz CT molecular complexity index is 871. The highest BCUT2D eigenvalue weighted by atomic mass is 35.5. The SMILES string of the molecule is CN1C2CC[C@@H]1C[C@H](c1ccc(Cl)cc1)C2c1nc2ccccc2s1.